The molecule has 9 heteroatoms. The number of hydrogen-bond acceptors (Lipinski definition) is 4. The van der Waals surface area contributed by atoms with Crippen LogP contribution >= 0.6 is 35.3 Å². The topological polar surface area (TPSA) is 58.5 Å². The third kappa shape index (κ3) is 7.57. The Hall–Kier alpha value is -1.49. The number of para-hydroxylation sites is 1. The van der Waals surface area contributed by atoms with Crippen LogP contribution in [0.5, 0.6) is 5.75 Å². The molecule has 27 heavy (non-hydrogen) atoms. The summed E-state index contributed by atoms with van der Waals surface area (Å²) in [7, 11) is 1.65. The van der Waals surface area contributed by atoms with Gasteiger partial charge in [0.2, 0.25) is 0 Å². The van der Waals surface area contributed by atoms with E-state index in [1.54, 1.807) is 36.6 Å². The Balaban J connectivity index is 0.00000364. The largest absolute Gasteiger partial charge is 0.434 e. The van der Waals surface area contributed by atoms with Crippen molar-refractivity contribution < 1.29 is 13.5 Å². The number of aromatic nitrogens is 1. The Morgan fingerprint density at radius 3 is 2.48 bits per heavy atom. The summed E-state index contributed by atoms with van der Waals surface area (Å²) in [4.78, 5) is 8.77. The molecule has 0 radical (unpaired) electrons. The van der Waals surface area contributed by atoms with Crippen LogP contribution in [0.15, 0.2) is 34.6 Å². The van der Waals surface area contributed by atoms with E-state index >= 15 is 0 Å². The lowest BCUT2D eigenvalue weighted by atomic mass is 9.98. The van der Waals surface area contributed by atoms with Gasteiger partial charge in [0.1, 0.15) is 5.75 Å². The molecule has 0 saturated carbocycles. The zero-order chi connectivity index (χ0) is 19.2. The fraction of sp³-hybridized carbons (Fsp3) is 0.444. The number of halogens is 3. The van der Waals surface area contributed by atoms with E-state index in [0.717, 1.165) is 10.7 Å². The lowest BCUT2D eigenvalue weighted by Crippen LogP contribution is -2.36. The molecule has 0 aliphatic carbocycles. The number of thiazole rings is 1. The molecule has 150 valence electrons. The first-order chi connectivity index (χ1) is 12.3. The summed E-state index contributed by atoms with van der Waals surface area (Å²) >= 11 is 1.63. The number of alkyl halides is 2. The van der Waals surface area contributed by atoms with Gasteiger partial charge < -0.3 is 15.4 Å². The summed E-state index contributed by atoms with van der Waals surface area (Å²) in [5.74, 6) is 0.710. The van der Waals surface area contributed by atoms with E-state index in [1.807, 2.05) is 5.38 Å². The summed E-state index contributed by atoms with van der Waals surface area (Å²) in [6, 6.07) is 6.68. The molecule has 1 heterocycles. The van der Waals surface area contributed by atoms with Crippen LogP contribution in [0, 0.1) is 0 Å². The van der Waals surface area contributed by atoms with Gasteiger partial charge in [0.15, 0.2) is 5.96 Å². The van der Waals surface area contributed by atoms with Crippen LogP contribution in [-0.4, -0.2) is 24.6 Å². The number of aliphatic imine (C=N–C) groups is 1. The minimum Gasteiger partial charge on any atom is -0.434 e. The average Bonchev–Trinajstić information content (AvgIpc) is 3.05. The molecular weight excluding hydrogens is 485 g/mol. The molecule has 0 bridgehead atoms. The Kier molecular flexibility index (Phi) is 9.37. The third-order valence-electron chi connectivity index (χ3n) is 3.49. The molecule has 0 unspecified atom stereocenters. The number of rotatable bonds is 6. The Morgan fingerprint density at radius 2 is 1.89 bits per heavy atom. The predicted octanol–water partition coefficient (Wildman–Crippen LogP) is 4.53. The Bertz CT molecular complexity index is 747. The third-order valence-corrected chi connectivity index (χ3v) is 4.81. The smallest absolute Gasteiger partial charge is 0.387 e. The van der Waals surface area contributed by atoms with Crippen molar-refractivity contribution in [1.82, 2.24) is 15.6 Å². The van der Waals surface area contributed by atoms with Crippen LogP contribution in [0.1, 0.15) is 37.0 Å². The minimum absolute atomic E-state index is 0. The highest BCUT2D eigenvalue weighted by atomic mass is 127. The van der Waals surface area contributed by atoms with E-state index in [0.29, 0.717) is 24.6 Å². The molecule has 2 aromatic rings. The van der Waals surface area contributed by atoms with Crippen molar-refractivity contribution in [3.63, 3.8) is 0 Å². The van der Waals surface area contributed by atoms with Crippen LogP contribution in [0.2, 0.25) is 0 Å². The van der Waals surface area contributed by atoms with Crippen molar-refractivity contribution in [3.8, 4) is 5.75 Å². The molecule has 2 N–H and O–H groups in total. The van der Waals surface area contributed by atoms with Gasteiger partial charge in [-0.25, -0.2) is 4.98 Å². The van der Waals surface area contributed by atoms with Crippen LogP contribution in [-0.2, 0) is 18.5 Å². The first-order valence-electron chi connectivity index (χ1n) is 8.21. The molecular formula is C18H25F2IN4OS. The van der Waals surface area contributed by atoms with E-state index in [-0.39, 0.29) is 35.1 Å². The highest BCUT2D eigenvalue weighted by Crippen LogP contribution is 2.25. The average molecular weight is 510 g/mol. The van der Waals surface area contributed by atoms with E-state index in [4.69, 9.17) is 0 Å². The van der Waals surface area contributed by atoms with E-state index in [1.165, 1.54) is 6.07 Å². The van der Waals surface area contributed by atoms with E-state index < -0.39 is 6.61 Å². The van der Waals surface area contributed by atoms with Gasteiger partial charge in [-0.05, 0) is 6.07 Å². The van der Waals surface area contributed by atoms with Gasteiger partial charge in [0, 0.05) is 30.0 Å². The van der Waals surface area contributed by atoms with Gasteiger partial charge >= 0.3 is 6.61 Å². The number of guanidine groups is 1. The van der Waals surface area contributed by atoms with Crippen molar-refractivity contribution in [2.45, 2.75) is 45.9 Å². The number of benzene rings is 1. The first-order valence-corrected chi connectivity index (χ1v) is 9.09. The second kappa shape index (κ2) is 10.7. The molecule has 0 amide bonds. The summed E-state index contributed by atoms with van der Waals surface area (Å²) in [6.07, 6.45) is 0. The number of nitrogens with zero attached hydrogens (tertiary/aromatic N) is 2. The highest BCUT2D eigenvalue weighted by Gasteiger charge is 2.18. The first kappa shape index (κ1) is 23.5. The van der Waals surface area contributed by atoms with Crippen molar-refractivity contribution in [3.05, 3.63) is 45.9 Å². The minimum atomic E-state index is -2.85. The van der Waals surface area contributed by atoms with Crippen molar-refractivity contribution in [2.75, 3.05) is 7.05 Å². The highest BCUT2D eigenvalue weighted by molar-refractivity contribution is 14.0. The summed E-state index contributed by atoms with van der Waals surface area (Å²) < 4.78 is 29.5. The monoisotopic (exact) mass is 510 g/mol. The molecule has 1 aromatic heterocycles. The van der Waals surface area contributed by atoms with Crippen molar-refractivity contribution in [1.29, 1.82) is 0 Å². The summed E-state index contributed by atoms with van der Waals surface area (Å²) in [6.45, 7) is 4.37. The van der Waals surface area contributed by atoms with Gasteiger partial charge in [-0.2, -0.15) is 8.78 Å². The molecule has 0 spiro atoms. The molecule has 1 aromatic carbocycles. The number of ether oxygens (including phenoxy) is 1. The quantitative estimate of drug-likeness (QED) is 0.341. The predicted molar refractivity (Wildman–Crippen MR) is 116 cm³/mol. The summed E-state index contributed by atoms with van der Waals surface area (Å²) in [5, 5.41) is 9.37. The van der Waals surface area contributed by atoms with Gasteiger partial charge in [-0.3, -0.25) is 4.99 Å². The number of nitrogens with one attached hydrogen (secondary N) is 2. The second-order valence-electron chi connectivity index (χ2n) is 6.66. The van der Waals surface area contributed by atoms with Crippen LogP contribution in [0.25, 0.3) is 0 Å². The van der Waals surface area contributed by atoms with Crippen LogP contribution in [0.3, 0.4) is 0 Å². The number of hydrogen-bond donors (Lipinski definition) is 2. The fourth-order valence-electron chi connectivity index (χ4n) is 2.17. The lowest BCUT2D eigenvalue weighted by Gasteiger charge is -2.14. The zero-order valence-corrected chi connectivity index (χ0v) is 18.9. The van der Waals surface area contributed by atoms with Gasteiger partial charge in [-0.15, -0.1) is 35.3 Å². The molecule has 0 aliphatic heterocycles. The maximum Gasteiger partial charge on any atom is 0.387 e. The standard InChI is InChI=1S/C18H24F2N4OS.HI/c1-18(2,3)15-24-13(11-26-15)10-23-17(21-4)22-9-12-7-5-6-8-14(12)25-16(19)20;/h5-8,11,16H,9-10H2,1-4H3,(H2,21,22,23);1H. The van der Waals surface area contributed by atoms with Crippen molar-refractivity contribution in [2.24, 2.45) is 4.99 Å². The van der Waals surface area contributed by atoms with Gasteiger partial charge in [0.25, 0.3) is 0 Å². The maximum atomic E-state index is 12.5. The Morgan fingerprint density at radius 1 is 1.22 bits per heavy atom. The summed E-state index contributed by atoms with van der Waals surface area (Å²) in [5.41, 5.74) is 1.58. The molecule has 2 rings (SSSR count). The SMILES string of the molecule is CN=C(NCc1csc(C(C)(C)C)n1)NCc1ccccc1OC(F)F.I. The van der Waals surface area contributed by atoms with Crippen molar-refractivity contribution >= 4 is 41.3 Å². The normalized spacial score (nSPS) is 11.9. The van der Waals surface area contributed by atoms with Crippen LogP contribution in [0.4, 0.5) is 8.78 Å². The second-order valence-corrected chi connectivity index (χ2v) is 7.52. The van der Waals surface area contributed by atoms with Gasteiger partial charge in [0.05, 0.1) is 17.2 Å². The van der Waals surface area contributed by atoms with E-state index in [9.17, 15) is 8.78 Å². The molecule has 0 saturated heterocycles. The molecule has 5 nitrogen and oxygen atoms in total. The van der Waals surface area contributed by atoms with Crippen LogP contribution < -0.4 is 15.4 Å². The van der Waals surface area contributed by atoms with E-state index in [2.05, 4.69) is 46.1 Å². The maximum absolute atomic E-state index is 12.5. The van der Waals surface area contributed by atoms with Gasteiger partial charge in [-0.1, -0.05) is 39.0 Å². The molecule has 0 aliphatic rings. The molecule has 0 fully saturated rings. The fourth-order valence-corrected chi connectivity index (χ4v) is 3.07. The molecule has 0 atom stereocenters. The Labute approximate surface area is 179 Å². The lowest BCUT2D eigenvalue weighted by molar-refractivity contribution is -0.0504. The zero-order valence-electron chi connectivity index (χ0n) is 15.8.